The molecular formula is C14H12N2O. The molecule has 0 aliphatic rings. The van der Waals surface area contributed by atoms with Gasteiger partial charge < -0.3 is 0 Å². The van der Waals surface area contributed by atoms with Gasteiger partial charge in [0.25, 0.3) is 0 Å². The highest BCUT2D eigenvalue weighted by Crippen LogP contribution is 2.05. The molecule has 0 bridgehead atoms. The Kier molecular flexibility index (Phi) is 3.76. The molecule has 0 atom stereocenters. The lowest BCUT2D eigenvalue weighted by Gasteiger charge is -1.95. The van der Waals surface area contributed by atoms with Crippen LogP contribution < -0.4 is 0 Å². The van der Waals surface area contributed by atoms with E-state index in [9.17, 15) is 4.79 Å². The average Bonchev–Trinajstić information content (AvgIpc) is 2.41. The lowest BCUT2D eigenvalue weighted by Crippen LogP contribution is -1.98. The van der Waals surface area contributed by atoms with Crippen molar-refractivity contribution in [3.05, 3.63) is 60.3 Å². The van der Waals surface area contributed by atoms with Crippen LogP contribution in [0.3, 0.4) is 0 Å². The molecule has 0 amide bonds. The first-order chi connectivity index (χ1) is 8.36. The number of aromatic nitrogens is 1. The standard InChI is InChI=1S/C14H12N2O/c17-13(12-6-2-1-3-7-12)9-11-16-14-8-4-5-10-15-14/h1-8,10-11H,9H2/b16-11+. The second kappa shape index (κ2) is 5.70. The molecule has 0 unspecified atom stereocenters. The van der Waals surface area contributed by atoms with Gasteiger partial charge in [0, 0.05) is 24.4 Å². The molecule has 84 valence electrons. The minimum absolute atomic E-state index is 0.0604. The molecule has 1 aromatic heterocycles. The minimum Gasteiger partial charge on any atom is -0.294 e. The molecule has 17 heavy (non-hydrogen) atoms. The van der Waals surface area contributed by atoms with E-state index >= 15 is 0 Å². The molecule has 1 aromatic carbocycles. The first-order valence-electron chi connectivity index (χ1n) is 5.38. The van der Waals surface area contributed by atoms with E-state index in [1.165, 1.54) is 0 Å². The first-order valence-corrected chi connectivity index (χ1v) is 5.38. The molecule has 3 nitrogen and oxygen atoms in total. The fraction of sp³-hybridized carbons (Fsp3) is 0.0714. The summed E-state index contributed by atoms with van der Waals surface area (Å²) in [6, 6.07) is 14.7. The normalized spacial score (nSPS) is 10.6. The van der Waals surface area contributed by atoms with Crippen LogP contribution in [0.15, 0.2) is 59.7 Å². The van der Waals surface area contributed by atoms with Crippen molar-refractivity contribution in [2.75, 3.05) is 0 Å². The Hall–Kier alpha value is -2.29. The number of carbonyl (C=O) groups is 1. The van der Waals surface area contributed by atoms with Crippen molar-refractivity contribution in [1.29, 1.82) is 0 Å². The van der Waals surface area contributed by atoms with E-state index in [1.54, 1.807) is 30.6 Å². The van der Waals surface area contributed by atoms with Gasteiger partial charge in [0.15, 0.2) is 11.6 Å². The molecule has 0 N–H and O–H groups in total. The first kappa shape index (κ1) is 11.2. The van der Waals surface area contributed by atoms with Crippen molar-refractivity contribution in [1.82, 2.24) is 4.98 Å². The smallest absolute Gasteiger partial charge is 0.168 e. The summed E-state index contributed by atoms with van der Waals surface area (Å²) in [5, 5.41) is 0. The van der Waals surface area contributed by atoms with Gasteiger partial charge in [0.1, 0.15) is 0 Å². The molecule has 0 fully saturated rings. The molecule has 0 aliphatic heterocycles. The SMILES string of the molecule is O=C(C/C=N/c1ccccn1)c1ccccc1. The van der Waals surface area contributed by atoms with Crippen LogP contribution in [0.4, 0.5) is 5.82 Å². The fourth-order valence-corrected chi connectivity index (χ4v) is 1.39. The van der Waals surface area contributed by atoms with Crippen LogP contribution in [0.2, 0.25) is 0 Å². The predicted molar refractivity (Wildman–Crippen MR) is 67.8 cm³/mol. The van der Waals surface area contributed by atoms with E-state index in [-0.39, 0.29) is 5.78 Å². The van der Waals surface area contributed by atoms with E-state index in [0.717, 1.165) is 0 Å². The Morgan fingerprint density at radius 2 is 1.88 bits per heavy atom. The molecule has 0 saturated heterocycles. The molecule has 2 aromatic rings. The minimum atomic E-state index is 0.0604. The van der Waals surface area contributed by atoms with Crippen molar-refractivity contribution in [3.8, 4) is 0 Å². The van der Waals surface area contributed by atoms with Gasteiger partial charge in [-0.2, -0.15) is 0 Å². The van der Waals surface area contributed by atoms with Gasteiger partial charge in [-0.05, 0) is 12.1 Å². The summed E-state index contributed by atoms with van der Waals surface area (Å²) in [4.78, 5) is 19.9. The summed E-state index contributed by atoms with van der Waals surface area (Å²) in [7, 11) is 0. The second-order valence-electron chi connectivity index (χ2n) is 3.49. The van der Waals surface area contributed by atoms with Gasteiger partial charge in [-0.15, -0.1) is 0 Å². The van der Waals surface area contributed by atoms with Crippen LogP contribution in [-0.2, 0) is 0 Å². The van der Waals surface area contributed by atoms with Crippen LogP contribution in [0.25, 0.3) is 0 Å². The molecule has 3 heteroatoms. The van der Waals surface area contributed by atoms with Crippen LogP contribution >= 0.6 is 0 Å². The summed E-state index contributed by atoms with van der Waals surface area (Å²) in [6.07, 6.45) is 3.56. The van der Waals surface area contributed by atoms with Crippen molar-refractivity contribution in [3.63, 3.8) is 0 Å². The van der Waals surface area contributed by atoms with E-state index in [2.05, 4.69) is 9.98 Å². The lowest BCUT2D eigenvalue weighted by molar-refractivity contribution is 0.100. The van der Waals surface area contributed by atoms with E-state index in [0.29, 0.717) is 17.8 Å². The molecule has 0 saturated carbocycles. The highest BCUT2D eigenvalue weighted by atomic mass is 16.1. The van der Waals surface area contributed by atoms with Crippen molar-refractivity contribution >= 4 is 17.8 Å². The third-order valence-corrected chi connectivity index (χ3v) is 2.25. The third kappa shape index (κ3) is 3.34. The van der Waals surface area contributed by atoms with Crippen molar-refractivity contribution in [2.24, 2.45) is 4.99 Å². The number of nitrogens with zero attached hydrogens (tertiary/aromatic N) is 2. The van der Waals surface area contributed by atoms with Gasteiger partial charge in [-0.25, -0.2) is 9.98 Å². The van der Waals surface area contributed by atoms with Crippen LogP contribution in [0, 0.1) is 0 Å². The Morgan fingerprint density at radius 1 is 1.12 bits per heavy atom. The van der Waals surface area contributed by atoms with E-state index in [1.807, 2.05) is 30.3 Å². The number of benzene rings is 1. The van der Waals surface area contributed by atoms with Crippen LogP contribution in [0.1, 0.15) is 16.8 Å². The summed E-state index contributed by atoms with van der Waals surface area (Å²) in [5.74, 6) is 0.679. The van der Waals surface area contributed by atoms with Gasteiger partial charge >= 0.3 is 0 Å². The zero-order chi connectivity index (χ0) is 11.9. The summed E-state index contributed by atoms with van der Waals surface area (Å²) < 4.78 is 0. The molecule has 0 aliphatic carbocycles. The van der Waals surface area contributed by atoms with Gasteiger partial charge in [0.05, 0.1) is 0 Å². The maximum atomic E-state index is 11.7. The van der Waals surface area contributed by atoms with Gasteiger partial charge in [-0.1, -0.05) is 36.4 Å². The Morgan fingerprint density at radius 3 is 2.59 bits per heavy atom. The average molecular weight is 224 g/mol. The molecule has 0 radical (unpaired) electrons. The van der Waals surface area contributed by atoms with Crippen LogP contribution in [-0.4, -0.2) is 17.0 Å². The number of pyridine rings is 1. The number of hydrogen-bond acceptors (Lipinski definition) is 3. The zero-order valence-corrected chi connectivity index (χ0v) is 9.28. The van der Waals surface area contributed by atoms with Crippen molar-refractivity contribution in [2.45, 2.75) is 6.42 Å². The van der Waals surface area contributed by atoms with Gasteiger partial charge in [-0.3, -0.25) is 4.79 Å². The Labute approximate surface area is 99.9 Å². The van der Waals surface area contributed by atoms with Gasteiger partial charge in [0.2, 0.25) is 0 Å². The number of carbonyl (C=O) groups excluding carboxylic acids is 1. The lowest BCUT2D eigenvalue weighted by atomic mass is 10.1. The fourth-order valence-electron chi connectivity index (χ4n) is 1.39. The van der Waals surface area contributed by atoms with Crippen LogP contribution in [0.5, 0.6) is 0 Å². The van der Waals surface area contributed by atoms with E-state index < -0.39 is 0 Å². The molecular weight excluding hydrogens is 212 g/mol. The van der Waals surface area contributed by atoms with Crippen molar-refractivity contribution < 1.29 is 4.79 Å². The quantitative estimate of drug-likeness (QED) is 0.591. The number of ketones is 1. The molecule has 0 spiro atoms. The zero-order valence-electron chi connectivity index (χ0n) is 9.28. The predicted octanol–water partition coefficient (Wildman–Crippen LogP) is 3.06. The second-order valence-corrected chi connectivity index (χ2v) is 3.49. The number of hydrogen-bond donors (Lipinski definition) is 0. The molecule has 2 rings (SSSR count). The number of aliphatic imine (C=N–C) groups is 1. The van der Waals surface area contributed by atoms with E-state index in [4.69, 9.17) is 0 Å². The third-order valence-electron chi connectivity index (χ3n) is 2.25. The Bertz CT molecular complexity index is 506. The highest BCUT2D eigenvalue weighted by molar-refractivity contribution is 6.03. The Balaban J connectivity index is 1.95. The molecule has 1 heterocycles. The highest BCUT2D eigenvalue weighted by Gasteiger charge is 2.01. The monoisotopic (exact) mass is 224 g/mol. The summed E-state index contributed by atoms with van der Waals surface area (Å²) in [5.41, 5.74) is 0.708. The maximum Gasteiger partial charge on any atom is 0.168 e. The largest absolute Gasteiger partial charge is 0.294 e. The topological polar surface area (TPSA) is 42.3 Å². The number of Topliss-reactive ketones (excluding diaryl/α,β-unsaturated/α-hetero) is 1. The number of rotatable bonds is 4. The summed E-state index contributed by atoms with van der Waals surface area (Å²) in [6.45, 7) is 0. The maximum absolute atomic E-state index is 11.7. The summed E-state index contributed by atoms with van der Waals surface area (Å²) >= 11 is 0.